The molecule has 2 rings (SSSR count). The molecule has 0 spiro atoms. The molecule has 1 fully saturated rings. The molecule has 1 saturated carbocycles. The van der Waals surface area contributed by atoms with E-state index in [1.165, 1.54) is 25.0 Å². The number of nitrogens with one attached hydrogen (secondary N) is 1. The van der Waals surface area contributed by atoms with Gasteiger partial charge in [0.05, 0.1) is 16.4 Å². The molecule has 3 nitrogen and oxygen atoms in total. The molecule has 1 aromatic rings. The van der Waals surface area contributed by atoms with Gasteiger partial charge in [-0.2, -0.15) is 5.10 Å². The van der Waals surface area contributed by atoms with E-state index in [1.54, 1.807) is 0 Å². The fourth-order valence-corrected chi connectivity index (χ4v) is 2.87. The van der Waals surface area contributed by atoms with Gasteiger partial charge in [-0.05, 0) is 48.2 Å². The molecule has 0 aromatic carbocycles. The summed E-state index contributed by atoms with van der Waals surface area (Å²) in [5, 5.41) is 8.01. The van der Waals surface area contributed by atoms with Gasteiger partial charge in [-0.3, -0.25) is 4.68 Å². The number of aryl methyl sites for hydroxylation is 1. The van der Waals surface area contributed by atoms with Crippen molar-refractivity contribution in [1.29, 1.82) is 0 Å². The van der Waals surface area contributed by atoms with E-state index < -0.39 is 0 Å². The largest absolute Gasteiger partial charge is 0.314 e. The average molecular weight is 300 g/mol. The first-order valence-electron chi connectivity index (χ1n) is 6.67. The van der Waals surface area contributed by atoms with Crippen molar-refractivity contribution in [2.75, 3.05) is 6.54 Å². The molecular weight excluding hydrogens is 278 g/mol. The highest BCUT2D eigenvalue weighted by atomic mass is 79.9. The first-order chi connectivity index (χ1) is 8.22. The Hall–Kier alpha value is -0.350. The molecule has 0 bridgehead atoms. The second kappa shape index (κ2) is 6.01. The minimum Gasteiger partial charge on any atom is -0.314 e. The summed E-state index contributed by atoms with van der Waals surface area (Å²) in [6, 6.07) is 0.811. The summed E-state index contributed by atoms with van der Waals surface area (Å²) >= 11 is 3.62. The van der Waals surface area contributed by atoms with Gasteiger partial charge in [-0.15, -0.1) is 0 Å². The Balaban J connectivity index is 1.90. The topological polar surface area (TPSA) is 29.9 Å². The quantitative estimate of drug-likeness (QED) is 0.837. The summed E-state index contributed by atoms with van der Waals surface area (Å²) < 4.78 is 3.30. The van der Waals surface area contributed by atoms with Crippen LogP contribution in [0.25, 0.3) is 0 Å². The van der Waals surface area contributed by atoms with Crippen molar-refractivity contribution in [2.45, 2.75) is 58.0 Å². The van der Waals surface area contributed by atoms with Gasteiger partial charge in [-0.25, -0.2) is 0 Å². The molecule has 1 atom stereocenters. The molecule has 4 heteroatoms. The molecule has 0 aliphatic heterocycles. The van der Waals surface area contributed by atoms with Gasteiger partial charge < -0.3 is 5.32 Å². The Labute approximate surface area is 112 Å². The monoisotopic (exact) mass is 299 g/mol. The molecule has 0 amide bonds. The predicted octanol–water partition coefficient (Wildman–Crippen LogP) is 3.30. The fraction of sp³-hybridized carbons (Fsp3) is 0.769. The first kappa shape index (κ1) is 13.1. The zero-order valence-corrected chi connectivity index (χ0v) is 12.3. The van der Waals surface area contributed by atoms with Gasteiger partial charge in [0.25, 0.3) is 0 Å². The Morgan fingerprint density at radius 3 is 3.00 bits per heavy atom. The molecule has 1 N–H and O–H groups in total. The summed E-state index contributed by atoms with van der Waals surface area (Å²) in [7, 11) is 0. The zero-order valence-electron chi connectivity index (χ0n) is 10.7. The lowest BCUT2D eigenvalue weighted by atomic mass is 10.0. The average Bonchev–Trinajstić information content (AvgIpc) is 3.04. The molecule has 96 valence electrons. The molecule has 0 radical (unpaired) electrons. The maximum atomic E-state index is 4.43. The van der Waals surface area contributed by atoms with Crippen LogP contribution in [0, 0.1) is 0 Å². The van der Waals surface area contributed by atoms with Crippen LogP contribution >= 0.6 is 15.9 Å². The molecule has 1 aliphatic carbocycles. The van der Waals surface area contributed by atoms with Crippen molar-refractivity contribution >= 4 is 15.9 Å². The van der Waals surface area contributed by atoms with E-state index in [0.717, 1.165) is 30.0 Å². The summed E-state index contributed by atoms with van der Waals surface area (Å²) in [6.45, 7) is 6.62. The predicted molar refractivity (Wildman–Crippen MR) is 74.3 cm³/mol. The fourth-order valence-electron chi connectivity index (χ4n) is 2.18. The number of halogens is 1. The minimum atomic E-state index is 0.560. The van der Waals surface area contributed by atoms with E-state index in [2.05, 4.69) is 44.9 Å². The van der Waals surface area contributed by atoms with Crippen LogP contribution < -0.4 is 5.32 Å². The first-order valence-corrected chi connectivity index (χ1v) is 7.46. The highest BCUT2D eigenvalue weighted by molar-refractivity contribution is 9.10. The molecule has 1 aliphatic rings. The van der Waals surface area contributed by atoms with Crippen LogP contribution in [0.1, 0.15) is 51.1 Å². The minimum absolute atomic E-state index is 0.560. The lowest BCUT2D eigenvalue weighted by molar-refractivity contribution is 0.516. The van der Waals surface area contributed by atoms with Crippen molar-refractivity contribution in [3.8, 4) is 0 Å². The highest BCUT2D eigenvalue weighted by Gasteiger charge is 2.21. The highest BCUT2D eigenvalue weighted by Crippen LogP contribution is 2.27. The van der Waals surface area contributed by atoms with Crippen molar-refractivity contribution in [3.63, 3.8) is 0 Å². The smallest absolute Gasteiger partial charge is 0.0635 e. The third-order valence-corrected chi connectivity index (χ3v) is 3.93. The van der Waals surface area contributed by atoms with Gasteiger partial charge in [0.2, 0.25) is 0 Å². The van der Waals surface area contributed by atoms with Crippen LogP contribution in [0.2, 0.25) is 0 Å². The lowest BCUT2D eigenvalue weighted by Crippen LogP contribution is -2.20. The molecule has 0 saturated heterocycles. The Morgan fingerprint density at radius 2 is 2.35 bits per heavy atom. The normalized spacial score (nSPS) is 17.4. The third-order valence-electron chi connectivity index (χ3n) is 3.32. The second-order valence-corrected chi connectivity index (χ2v) is 5.87. The van der Waals surface area contributed by atoms with Crippen molar-refractivity contribution < 1.29 is 0 Å². The van der Waals surface area contributed by atoms with Gasteiger partial charge in [0.15, 0.2) is 0 Å². The van der Waals surface area contributed by atoms with Gasteiger partial charge in [0.1, 0.15) is 0 Å². The van der Waals surface area contributed by atoms with E-state index in [0.29, 0.717) is 5.92 Å². The van der Waals surface area contributed by atoms with E-state index in [9.17, 15) is 0 Å². The van der Waals surface area contributed by atoms with E-state index in [-0.39, 0.29) is 0 Å². The second-order valence-electron chi connectivity index (χ2n) is 5.02. The molecule has 1 unspecified atom stereocenters. The zero-order chi connectivity index (χ0) is 12.3. The van der Waals surface area contributed by atoms with E-state index >= 15 is 0 Å². The van der Waals surface area contributed by atoms with E-state index in [4.69, 9.17) is 0 Å². The number of rotatable bonds is 7. The van der Waals surface area contributed by atoms with Crippen LogP contribution in [0.3, 0.4) is 0 Å². The van der Waals surface area contributed by atoms with Crippen LogP contribution in [-0.4, -0.2) is 22.4 Å². The summed E-state index contributed by atoms with van der Waals surface area (Å²) in [5.74, 6) is 0.560. The summed E-state index contributed by atoms with van der Waals surface area (Å²) in [6.07, 6.45) is 6.98. The molecule has 1 aromatic heterocycles. The van der Waals surface area contributed by atoms with Gasteiger partial charge in [0, 0.05) is 18.5 Å². The van der Waals surface area contributed by atoms with Crippen LogP contribution in [-0.2, 0) is 6.54 Å². The number of nitrogens with zero attached hydrogens (tertiary/aromatic N) is 2. The van der Waals surface area contributed by atoms with Crippen LogP contribution in [0.4, 0.5) is 0 Å². The van der Waals surface area contributed by atoms with Gasteiger partial charge in [-0.1, -0.05) is 13.8 Å². The van der Waals surface area contributed by atoms with Crippen molar-refractivity contribution in [1.82, 2.24) is 15.1 Å². The van der Waals surface area contributed by atoms with E-state index in [1.807, 2.05) is 6.20 Å². The standard InChI is InChI=1S/C13H22BrN3/c1-3-8-17-13(12(14)9-16-17)10(2)6-7-15-11-4-5-11/h9-11,15H,3-8H2,1-2H3. The Morgan fingerprint density at radius 1 is 1.59 bits per heavy atom. The molecular formula is C13H22BrN3. The van der Waals surface area contributed by atoms with Gasteiger partial charge >= 0.3 is 0 Å². The Bertz CT molecular complexity index is 358. The Kier molecular flexibility index (Phi) is 4.62. The third kappa shape index (κ3) is 3.55. The maximum Gasteiger partial charge on any atom is 0.0635 e. The maximum absolute atomic E-state index is 4.43. The lowest BCUT2D eigenvalue weighted by Gasteiger charge is -2.15. The van der Waals surface area contributed by atoms with Crippen molar-refractivity contribution in [3.05, 3.63) is 16.4 Å². The number of hydrogen-bond acceptors (Lipinski definition) is 2. The van der Waals surface area contributed by atoms with Crippen molar-refractivity contribution in [2.24, 2.45) is 0 Å². The molecule has 1 heterocycles. The number of hydrogen-bond donors (Lipinski definition) is 1. The number of aromatic nitrogens is 2. The van der Waals surface area contributed by atoms with Crippen LogP contribution in [0.15, 0.2) is 10.7 Å². The summed E-state index contributed by atoms with van der Waals surface area (Å²) in [4.78, 5) is 0. The SMILES string of the molecule is CCCn1ncc(Br)c1C(C)CCNC1CC1. The van der Waals surface area contributed by atoms with Crippen LogP contribution in [0.5, 0.6) is 0 Å². The summed E-state index contributed by atoms with van der Waals surface area (Å²) in [5.41, 5.74) is 1.35. The molecule has 17 heavy (non-hydrogen) atoms.